The molecule has 0 atom stereocenters. The number of nitrogens with one attached hydrogen (secondary N) is 1. The lowest BCUT2D eigenvalue weighted by molar-refractivity contribution is -0.120. The van der Waals surface area contributed by atoms with Crippen molar-refractivity contribution in [2.45, 2.75) is 25.8 Å². The lowest BCUT2D eigenvalue weighted by Gasteiger charge is -2.04. The van der Waals surface area contributed by atoms with Gasteiger partial charge >= 0.3 is 0 Å². The molecule has 0 bridgehead atoms. The predicted octanol–water partition coefficient (Wildman–Crippen LogP) is 1.10. The number of rotatable bonds is 7. The minimum Gasteiger partial charge on any atom is -0.356 e. The van der Waals surface area contributed by atoms with E-state index in [1.807, 2.05) is 10.8 Å². The van der Waals surface area contributed by atoms with Crippen LogP contribution >= 0.6 is 12.6 Å². The SMILES string of the molecule is O=C(CCS)NCCCCn1ccnc1. The van der Waals surface area contributed by atoms with E-state index < -0.39 is 0 Å². The maximum Gasteiger partial charge on any atom is 0.220 e. The van der Waals surface area contributed by atoms with Crippen molar-refractivity contribution in [3.05, 3.63) is 18.7 Å². The molecule has 1 aromatic heterocycles. The van der Waals surface area contributed by atoms with Gasteiger partial charge < -0.3 is 9.88 Å². The number of aryl methyl sites for hydroxylation is 1. The molecule has 0 aliphatic heterocycles. The predicted molar refractivity (Wildman–Crippen MR) is 62.9 cm³/mol. The third kappa shape index (κ3) is 5.47. The smallest absolute Gasteiger partial charge is 0.220 e. The van der Waals surface area contributed by atoms with Gasteiger partial charge in [-0.25, -0.2) is 4.98 Å². The summed E-state index contributed by atoms with van der Waals surface area (Å²) in [4.78, 5) is 15.0. The van der Waals surface area contributed by atoms with Crippen LogP contribution in [-0.2, 0) is 11.3 Å². The van der Waals surface area contributed by atoms with Gasteiger partial charge in [0, 0.05) is 31.9 Å². The Morgan fingerprint density at radius 2 is 2.33 bits per heavy atom. The quantitative estimate of drug-likeness (QED) is 0.541. The maximum absolute atomic E-state index is 11.1. The van der Waals surface area contributed by atoms with E-state index in [0.29, 0.717) is 12.2 Å². The number of thiol groups is 1. The van der Waals surface area contributed by atoms with Crippen molar-refractivity contribution < 1.29 is 4.79 Å². The molecule has 0 aliphatic carbocycles. The molecule has 1 amide bonds. The maximum atomic E-state index is 11.1. The summed E-state index contributed by atoms with van der Waals surface area (Å²) in [5, 5.41) is 2.85. The number of hydrogen-bond acceptors (Lipinski definition) is 3. The summed E-state index contributed by atoms with van der Waals surface area (Å²) in [6.07, 6.45) is 8.08. The molecule has 5 heteroatoms. The van der Waals surface area contributed by atoms with Gasteiger partial charge in [0.15, 0.2) is 0 Å². The van der Waals surface area contributed by atoms with Gasteiger partial charge in [-0.05, 0) is 18.6 Å². The minimum atomic E-state index is 0.0904. The van der Waals surface area contributed by atoms with Gasteiger partial charge in [-0.15, -0.1) is 0 Å². The Morgan fingerprint density at radius 3 is 3.00 bits per heavy atom. The summed E-state index contributed by atoms with van der Waals surface area (Å²) in [6.45, 7) is 1.71. The summed E-state index contributed by atoms with van der Waals surface area (Å²) in [7, 11) is 0. The molecule has 0 saturated carbocycles. The van der Waals surface area contributed by atoms with Crippen molar-refractivity contribution in [1.82, 2.24) is 14.9 Å². The van der Waals surface area contributed by atoms with E-state index in [1.54, 1.807) is 12.5 Å². The zero-order valence-electron chi connectivity index (χ0n) is 8.72. The fourth-order valence-corrected chi connectivity index (χ4v) is 1.46. The molecule has 15 heavy (non-hydrogen) atoms. The zero-order chi connectivity index (χ0) is 10.9. The second kappa shape index (κ2) is 7.34. The van der Waals surface area contributed by atoms with E-state index >= 15 is 0 Å². The summed E-state index contributed by atoms with van der Waals surface area (Å²) in [6, 6.07) is 0. The molecule has 4 nitrogen and oxygen atoms in total. The number of hydrogen-bond donors (Lipinski definition) is 2. The third-order valence-electron chi connectivity index (χ3n) is 2.06. The van der Waals surface area contributed by atoms with Crippen LogP contribution in [0.5, 0.6) is 0 Å². The summed E-state index contributed by atoms with van der Waals surface area (Å²) in [5.74, 6) is 0.702. The van der Waals surface area contributed by atoms with Crippen LogP contribution in [0.1, 0.15) is 19.3 Å². The Morgan fingerprint density at radius 1 is 1.47 bits per heavy atom. The van der Waals surface area contributed by atoms with Crippen LogP contribution in [0.15, 0.2) is 18.7 Å². The van der Waals surface area contributed by atoms with Gasteiger partial charge in [0.05, 0.1) is 6.33 Å². The van der Waals surface area contributed by atoms with Crippen LogP contribution < -0.4 is 5.32 Å². The van der Waals surface area contributed by atoms with Crippen molar-refractivity contribution >= 4 is 18.5 Å². The highest BCUT2D eigenvalue weighted by molar-refractivity contribution is 7.80. The molecule has 0 saturated heterocycles. The molecular weight excluding hydrogens is 210 g/mol. The monoisotopic (exact) mass is 227 g/mol. The molecule has 0 aromatic carbocycles. The largest absolute Gasteiger partial charge is 0.356 e. The number of carbonyl (C=O) groups is 1. The minimum absolute atomic E-state index is 0.0904. The Balaban J connectivity index is 1.95. The van der Waals surface area contributed by atoms with Crippen LogP contribution in [0.25, 0.3) is 0 Å². The molecule has 1 N–H and O–H groups in total. The van der Waals surface area contributed by atoms with E-state index in [0.717, 1.165) is 25.9 Å². The molecule has 1 heterocycles. The van der Waals surface area contributed by atoms with Crippen molar-refractivity contribution in [2.24, 2.45) is 0 Å². The molecule has 0 unspecified atom stereocenters. The van der Waals surface area contributed by atoms with Crippen LogP contribution in [0.2, 0.25) is 0 Å². The number of carbonyl (C=O) groups excluding carboxylic acids is 1. The number of nitrogens with zero attached hydrogens (tertiary/aromatic N) is 2. The highest BCUT2D eigenvalue weighted by atomic mass is 32.1. The van der Waals surface area contributed by atoms with E-state index in [-0.39, 0.29) is 5.91 Å². The molecule has 0 spiro atoms. The fraction of sp³-hybridized carbons (Fsp3) is 0.600. The van der Waals surface area contributed by atoms with Crippen molar-refractivity contribution in [1.29, 1.82) is 0 Å². The second-order valence-corrected chi connectivity index (χ2v) is 3.78. The molecular formula is C10H17N3OS. The first-order chi connectivity index (χ1) is 7.33. The second-order valence-electron chi connectivity index (χ2n) is 3.33. The first-order valence-corrected chi connectivity index (χ1v) is 5.79. The van der Waals surface area contributed by atoms with Crippen molar-refractivity contribution in [3.63, 3.8) is 0 Å². The highest BCUT2D eigenvalue weighted by Gasteiger charge is 1.97. The Kier molecular flexibility index (Phi) is 5.92. The average Bonchev–Trinajstić information content (AvgIpc) is 2.70. The van der Waals surface area contributed by atoms with Gasteiger partial charge in [-0.2, -0.15) is 12.6 Å². The van der Waals surface area contributed by atoms with Crippen LogP contribution in [0.3, 0.4) is 0 Å². The molecule has 0 radical (unpaired) electrons. The van der Waals surface area contributed by atoms with Gasteiger partial charge in [-0.1, -0.05) is 0 Å². The third-order valence-corrected chi connectivity index (χ3v) is 2.29. The Hall–Kier alpha value is -0.970. The van der Waals surface area contributed by atoms with Gasteiger partial charge in [0.25, 0.3) is 0 Å². The Labute approximate surface area is 95.5 Å². The van der Waals surface area contributed by atoms with Gasteiger partial charge in [0.2, 0.25) is 5.91 Å². The van der Waals surface area contributed by atoms with Crippen LogP contribution in [0, 0.1) is 0 Å². The molecule has 1 aromatic rings. The van der Waals surface area contributed by atoms with E-state index in [4.69, 9.17) is 0 Å². The molecule has 0 fully saturated rings. The van der Waals surface area contributed by atoms with Crippen LogP contribution in [-0.4, -0.2) is 27.8 Å². The standard InChI is InChI=1S/C10H17N3OS/c14-10(3-8-15)12-4-1-2-6-13-7-5-11-9-13/h5,7,9,15H,1-4,6,8H2,(H,12,14). The number of aromatic nitrogens is 2. The number of unbranched alkanes of at least 4 members (excludes halogenated alkanes) is 1. The van der Waals surface area contributed by atoms with E-state index in [1.165, 1.54) is 0 Å². The van der Waals surface area contributed by atoms with Gasteiger partial charge in [0.1, 0.15) is 0 Å². The van der Waals surface area contributed by atoms with Crippen molar-refractivity contribution in [2.75, 3.05) is 12.3 Å². The molecule has 0 aliphatic rings. The lowest BCUT2D eigenvalue weighted by atomic mass is 10.3. The molecule has 84 valence electrons. The van der Waals surface area contributed by atoms with Crippen LogP contribution in [0.4, 0.5) is 0 Å². The summed E-state index contributed by atoms with van der Waals surface area (Å²) in [5.41, 5.74) is 0. The summed E-state index contributed by atoms with van der Waals surface area (Å²) < 4.78 is 2.04. The average molecular weight is 227 g/mol. The zero-order valence-corrected chi connectivity index (χ0v) is 9.62. The van der Waals surface area contributed by atoms with E-state index in [9.17, 15) is 4.79 Å². The topological polar surface area (TPSA) is 46.9 Å². The van der Waals surface area contributed by atoms with E-state index in [2.05, 4.69) is 22.9 Å². The number of imidazole rings is 1. The summed E-state index contributed by atoms with van der Waals surface area (Å²) >= 11 is 3.99. The molecule has 1 rings (SSSR count). The normalized spacial score (nSPS) is 10.2. The first kappa shape index (κ1) is 12.1. The van der Waals surface area contributed by atoms with Gasteiger partial charge in [-0.3, -0.25) is 4.79 Å². The fourth-order valence-electron chi connectivity index (χ4n) is 1.26. The lowest BCUT2D eigenvalue weighted by Crippen LogP contribution is -2.24. The Bertz CT molecular complexity index is 274. The van der Waals surface area contributed by atoms with Crippen molar-refractivity contribution in [3.8, 4) is 0 Å². The highest BCUT2D eigenvalue weighted by Crippen LogP contribution is 1.94. The number of amides is 1. The first-order valence-electron chi connectivity index (χ1n) is 5.16.